The third-order valence-electron chi connectivity index (χ3n) is 11.2. The van der Waals surface area contributed by atoms with Crippen molar-refractivity contribution in [2.45, 2.75) is 0 Å². The Balaban J connectivity index is 1.12. The Hall–Kier alpha value is -7.01. The molecular formula is C51H29N3S. The molecule has 0 saturated carbocycles. The van der Waals surface area contributed by atoms with E-state index in [2.05, 4.69) is 158 Å². The highest BCUT2D eigenvalue weighted by Crippen LogP contribution is 2.44. The minimum Gasteiger partial charge on any atom is -0.208 e. The van der Waals surface area contributed by atoms with Crippen LogP contribution in [0.2, 0.25) is 0 Å². The summed E-state index contributed by atoms with van der Waals surface area (Å²) in [6.45, 7) is 0. The van der Waals surface area contributed by atoms with Crippen molar-refractivity contribution >= 4 is 86.1 Å². The molecule has 4 heteroatoms. The van der Waals surface area contributed by atoms with Gasteiger partial charge in [-0.05, 0) is 111 Å². The van der Waals surface area contributed by atoms with Crippen LogP contribution in [0.5, 0.6) is 0 Å². The molecule has 254 valence electrons. The van der Waals surface area contributed by atoms with Crippen molar-refractivity contribution in [3.05, 3.63) is 176 Å². The van der Waals surface area contributed by atoms with Crippen LogP contribution in [0.4, 0.5) is 0 Å². The SMILES string of the molecule is c1ccc(-c2nc(-c3cccc(-c4cc5ccc6cccc7c8cccc9ccc%10cccc(c(c4)c5c67)c%10c98)c3)nc(-c3cc4ccccc4s3)n2)cc1. The van der Waals surface area contributed by atoms with Gasteiger partial charge in [-0.15, -0.1) is 11.3 Å². The quantitative estimate of drug-likeness (QED) is 0.170. The molecule has 0 N–H and O–H groups in total. The van der Waals surface area contributed by atoms with Gasteiger partial charge in [0.1, 0.15) is 0 Å². The van der Waals surface area contributed by atoms with Crippen molar-refractivity contribution in [2.75, 3.05) is 0 Å². The van der Waals surface area contributed by atoms with Crippen molar-refractivity contribution < 1.29 is 0 Å². The van der Waals surface area contributed by atoms with E-state index in [1.54, 1.807) is 11.3 Å². The second-order valence-corrected chi connectivity index (χ2v) is 15.4. The Labute approximate surface area is 320 Å². The number of thiophene rings is 1. The average molecular weight is 716 g/mol. The molecule has 12 aromatic rings. The third-order valence-corrected chi connectivity index (χ3v) is 12.3. The molecule has 0 atom stereocenters. The van der Waals surface area contributed by atoms with Gasteiger partial charge in [0.25, 0.3) is 0 Å². The number of hydrogen-bond donors (Lipinski definition) is 0. The molecule has 0 aliphatic carbocycles. The minimum absolute atomic E-state index is 0.655. The monoisotopic (exact) mass is 715 g/mol. The molecule has 0 fully saturated rings. The first-order valence-electron chi connectivity index (χ1n) is 18.6. The zero-order valence-corrected chi connectivity index (χ0v) is 30.3. The lowest BCUT2D eigenvalue weighted by Crippen LogP contribution is -1.99. The molecule has 3 nitrogen and oxygen atoms in total. The Morgan fingerprint density at radius 3 is 1.49 bits per heavy atom. The summed E-state index contributed by atoms with van der Waals surface area (Å²) in [7, 11) is 0. The highest BCUT2D eigenvalue weighted by Gasteiger charge is 2.18. The Kier molecular flexibility index (Phi) is 6.50. The minimum atomic E-state index is 0.655. The Bertz CT molecular complexity index is 3450. The van der Waals surface area contributed by atoms with E-state index in [1.807, 2.05) is 18.2 Å². The highest BCUT2D eigenvalue weighted by atomic mass is 32.1. The molecule has 2 aromatic heterocycles. The van der Waals surface area contributed by atoms with E-state index in [0.717, 1.165) is 27.1 Å². The molecule has 0 saturated heterocycles. The van der Waals surface area contributed by atoms with Gasteiger partial charge in [-0.1, -0.05) is 146 Å². The largest absolute Gasteiger partial charge is 0.208 e. The van der Waals surface area contributed by atoms with Crippen molar-refractivity contribution in [3.63, 3.8) is 0 Å². The van der Waals surface area contributed by atoms with Crippen LogP contribution in [-0.4, -0.2) is 15.0 Å². The van der Waals surface area contributed by atoms with Gasteiger partial charge in [0.2, 0.25) is 0 Å². The van der Waals surface area contributed by atoms with Gasteiger partial charge < -0.3 is 0 Å². The van der Waals surface area contributed by atoms with Crippen LogP contribution >= 0.6 is 11.3 Å². The van der Waals surface area contributed by atoms with E-state index < -0.39 is 0 Å². The van der Waals surface area contributed by atoms with E-state index in [1.165, 1.54) is 74.7 Å². The second kappa shape index (κ2) is 11.7. The van der Waals surface area contributed by atoms with Crippen LogP contribution < -0.4 is 0 Å². The summed E-state index contributed by atoms with van der Waals surface area (Å²) < 4.78 is 1.21. The Morgan fingerprint density at radius 2 is 0.800 bits per heavy atom. The summed E-state index contributed by atoms with van der Waals surface area (Å²) in [5.41, 5.74) is 4.18. The second-order valence-electron chi connectivity index (χ2n) is 14.4. The van der Waals surface area contributed by atoms with Crippen LogP contribution in [0.1, 0.15) is 0 Å². The van der Waals surface area contributed by atoms with E-state index in [-0.39, 0.29) is 0 Å². The summed E-state index contributed by atoms with van der Waals surface area (Å²) in [5.74, 6) is 2.00. The number of hydrogen-bond acceptors (Lipinski definition) is 4. The number of aromatic nitrogens is 3. The molecule has 0 amide bonds. The molecule has 0 aliphatic rings. The first-order valence-corrected chi connectivity index (χ1v) is 19.4. The van der Waals surface area contributed by atoms with Crippen molar-refractivity contribution in [2.24, 2.45) is 0 Å². The number of rotatable bonds is 4. The summed E-state index contributed by atoms with van der Waals surface area (Å²) in [6.07, 6.45) is 0. The van der Waals surface area contributed by atoms with Crippen LogP contribution in [0.15, 0.2) is 176 Å². The van der Waals surface area contributed by atoms with Crippen molar-refractivity contribution in [3.8, 4) is 44.6 Å². The lowest BCUT2D eigenvalue weighted by Gasteiger charge is -2.17. The lowest BCUT2D eigenvalue weighted by atomic mass is 9.86. The Morgan fingerprint density at radius 1 is 0.291 bits per heavy atom. The zero-order valence-electron chi connectivity index (χ0n) is 29.5. The summed E-state index contributed by atoms with van der Waals surface area (Å²) in [6, 6.07) is 63.6. The maximum atomic E-state index is 5.14. The van der Waals surface area contributed by atoms with Crippen LogP contribution in [0, 0.1) is 0 Å². The van der Waals surface area contributed by atoms with Crippen LogP contribution in [0.25, 0.3) is 119 Å². The lowest BCUT2D eigenvalue weighted by molar-refractivity contribution is 1.08. The topological polar surface area (TPSA) is 38.7 Å². The van der Waals surface area contributed by atoms with E-state index in [0.29, 0.717) is 17.5 Å². The molecule has 10 aromatic carbocycles. The highest BCUT2D eigenvalue weighted by molar-refractivity contribution is 7.22. The molecule has 0 bridgehead atoms. The van der Waals surface area contributed by atoms with E-state index in [9.17, 15) is 0 Å². The number of fused-ring (bicyclic) bond motifs is 3. The molecule has 0 spiro atoms. The fraction of sp³-hybridized carbons (Fsp3) is 0. The van der Waals surface area contributed by atoms with Gasteiger partial charge in [-0.2, -0.15) is 0 Å². The maximum Gasteiger partial charge on any atom is 0.174 e. The molecule has 0 aliphatic heterocycles. The predicted octanol–water partition coefficient (Wildman–Crippen LogP) is 14.1. The van der Waals surface area contributed by atoms with Gasteiger partial charge in [0.05, 0.1) is 4.88 Å². The molecule has 0 unspecified atom stereocenters. The average Bonchev–Trinajstić information content (AvgIpc) is 3.70. The normalized spacial score (nSPS) is 12.0. The van der Waals surface area contributed by atoms with Crippen molar-refractivity contribution in [1.29, 1.82) is 0 Å². The molecular weight excluding hydrogens is 687 g/mol. The number of nitrogens with zero attached hydrogens (tertiary/aromatic N) is 3. The fourth-order valence-corrected chi connectivity index (χ4v) is 9.71. The fourth-order valence-electron chi connectivity index (χ4n) is 8.71. The first-order chi connectivity index (χ1) is 27.2. The van der Waals surface area contributed by atoms with Gasteiger partial charge in [-0.25, -0.2) is 15.0 Å². The smallest absolute Gasteiger partial charge is 0.174 e. The molecule has 0 radical (unpaired) electrons. The number of benzene rings is 9. The maximum absolute atomic E-state index is 5.14. The first kappa shape index (κ1) is 30.5. The van der Waals surface area contributed by atoms with Gasteiger partial charge in [0, 0.05) is 15.8 Å². The zero-order chi connectivity index (χ0) is 36.0. The van der Waals surface area contributed by atoms with E-state index in [4.69, 9.17) is 15.0 Å². The predicted molar refractivity (Wildman–Crippen MR) is 233 cm³/mol. The van der Waals surface area contributed by atoms with E-state index >= 15 is 0 Å². The van der Waals surface area contributed by atoms with Crippen LogP contribution in [-0.2, 0) is 0 Å². The summed E-state index contributed by atoms with van der Waals surface area (Å²) >= 11 is 1.71. The summed E-state index contributed by atoms with van der Waals surface area (Å²) in [4.78, 5) is 16.3. The van der Waals surface area contributed by atoms with Crippen LogP contribution in [0.3, 0.4) is 0 Å². The molecule has 12 rings (SSSR count). The standard InChI is InChI=1S/C51H29N3S/c1-2-10-33(11-3-1)49-52-50(54-51(53-49)44-29-35-12-4-5-21-43(35)55-44)37-17-6-16-34(26-37)38-27-36-25-24-32-14-8-19-40-39-18-7-13-30-22-23-31-15-9-20-41(47(31)45(30)39)42(28-38)48(36)46(32)40/h1-29H. The van der Waals surface area contributed by atoms with Gasteiger partial charge in [0.15, 0.2) is 17.5 Å². The van der Waals surface area contributed by atoms with Gasteiger partial charge >= 0.3 is 0 Å². The van der Waals surface area contributed by atoms with Gasteiger partial charge in [-0.3, -0.25) is 0 Å². The molecule has 55 heavy (non-hydrogen) atoms. The molecule has 2 heterocycles. The third kappa shape index (κ3) is 4.72. The van der Waals surface area contributed by atoms with Crippen molar-refractivity contribution in [1.82, 2.24) is 15.0 Å². The summed E-state index contributed by atoms with van der Waals surface area (Å²) in [5, 5.41) is 16.5.